The third kappa shape index (κ3) is 2.23. The number of anilines is 1. The lowest BCUT2D eigenvalue weighted by molar-refractivity contribution is 0.148. The number of nitrogen functional groups attached to an aromatic ring is 1. The minimum atomic E-state index is 0.915. The molecule has 0 radical (unpaired) electrons. The average Bonchev–Trinajstić information content (AvgIpc) is 2.77. The molecule has 0 atom stereocenters. The van der Waals surface area contributed by atoms with Gasteiger partial charge in [0.15, 0.2) is 0 Å². The summed E-state index contributed by atoms with van der Waals surface area (Å²) in [6.45, 7) is 5.66. The zero-order valence-electron chi connectivity index (χ0n) is 10.7. The van der Waals surface area contributed by atoms with Crippen molar-refractivity contribution in [3.63, 3.8) is 0 Å². The summed E-state index contributed by atoms with van der Waals surface area (Å²) in [5.41, 5.74) is 8.41. The summed E-state index contributed by atoms with van der Waals surface area (Å²) in [4.78, 5) is 4.91. The maximum absolute atomic E-state index is 6.11. The molecule has 0 amide bonds. The van der Waals surface area contributed by atoms with Gasteiger partial charge in [-0.3, -0.25) is 4.90 Å². The third-order valence-corrected chi connectivity index (χ3v) is 4.69. The monoisotopic (exact) mass is 261 g/mol. The highest BCUT2D eigenvalue weighted by molar-refractivity contribution is 7.17. The van der Waals surface area contributed by atoms with Crippen LogP contribution < -0.4 is 5.73 Å². The fourth-order valence-corrected chi connectivity index (χ4v) is 3.53. The van der Waals surface area contributed by atoms with Crippen LogP contribution in [-0.2, 0) is 6.54 Å². The van der Waals surface area contributed by atoms with E-state index in [4.69, 9.17) is 5.73 Å². The summed E-state index contributed by atoms with van der Waals surface area (Å²) in [5, 5.41) is 3.53. The predicted octanol–water partition coefficient (Wildman–Crippen LogP) is 2.23. The number of fused-ring (bicyclic) bond motifs is 1. The lowest BCUT2D eigenvalue weighted by Gasteiger charge is -2.32. The number of hydrogen-bond donors (Lipinski definition) is 1. The second kappa shape index (κ2) is 4.88. The van der Waals surface area contributed by atoms with Gasteiger partial charge in [0, 0.05) is 48.5 Å². The van der Waals surface area contributed by atoms with E-state index in [-0.39, 0.29) is 0 Å². The van der Waals surface area contributed by atoms with Crippen LogP contribution in [-0.4, -0.2) is 43.0 Å². The quantitative estimate of drug-likeness (QED) is 0.842. The van der Waals surface area contributed by atoms with Gasteiger partial charge in [-0.05, 0) is 30.1 Å². The highest BCUT2D eigenvalue weighted by atomic mass is 32.1. The fraction of sp³-hybridized carbons (Fsp3) is 0.429. The first-order chi connectivity index (χ1) is 8.74. The Morgan fingerprint density at radius 1 is 1.22 bits per heavy atom. The first-order valence-corrected chi connectivity index (χ1v) is 7.27. The van der Waals surface area contributed by atoms with E-state index in [1.807, 2.05) is 12.1 Å². The second-order valence-electron chi connectivity index (χ2n) is 5.06. The van der Waals surface area contributed by atoms with Gasteiger partial charge in [0.05, 0.1) is 0 Å². The Balaban J connectivity index is 1.82. The number of thiophene rings is 1. The maximum Gasteiger partial charge on any atom is 0.0405 e. The van der Waals surface area contributed by atoms with Gasteiger partial charge in [0.25, 0.3) is 0 Å². The Hall–Kier alpha value is -1.10. The molecule has 18 heavy (non-hydrogen) atoms. The second-order valence-corrected chi connectivity index (χ2v) is 5.97. The zero-order chi connectivity index (χ0) is 12.5. The van der Waals surface area contributed by atoms with Crippen molar-refractivity contribution in [1.29, 1.82) is 0 Å². The van der Waals surface area contributed by atoms with E-state index in [0.717, 1.165) is 38.4 Å². The molecule has 2 aromatic rings. The maximum atomic E-state index is 6.11. The van der Waals surface area contributed by atoms with Crippen molar-refractivity contribution in [3.05, 3.63) is 29.1 Å². The topological polar surface area (TPSA) is 32.5 Å². The van der Waals surface area contributed by atoms with Gasteiger partial charge in [-0.25, -0.2) is 0 Å². The molecule has 0 unspecified atom stereocenters. The van der Waals surface area contributed by atoms with Crippen molar-refractivity contribution < 1.29 is 0 Å². The first kappa shape index (κ1) is 12.0. The molecule has 1 aromatic carbocycles. The summed E-state index contributed by atoms with van der Waals surface area (Å²) >= 11 is 1.80. The Bertz CT molecular complexity index is 541. The highest BCUT2D eigenvalue weighted by Gasteiger charge is 2.16. The van der Waals surface area contributed by atoms with E-state index in [0.29, 0.717) is 0 Å². The average molecular weight is 261 g/mol. The van der Waals surface area contributed by atoms with Crippen molar-refractivity contribution >= 4 is 27.1 Å². The van der Waals surface area contributed by atoms with Gasteiger partial charge in [-0.2, -0.15) is 0 Å². The van der Waals surface area contributed by atoms with Crippen molar-refractivity contribution in [2.24, 2.45) is 0 Å². The van der Waals surface area contributed by atoms with Crippen molar-refractivity contribution in [3.8, 4) is 0 Å². The van der Waals surface area contributed by atoms with Crippen molar-refractivity contribution in [2.45, 2.75) is 6.54 Å². The molecule has 3 nitrogen and oxygen atoms in total. The van der Waals surface area contributed by atoms with E-state index in [1.54, 1.807) is 11.3 Å². The SMILES string of the molecule is CN1CCN(Cc2csc3cccc(N)c23)CC1. The summed E-state index contributed by atoms with van der Waals surface area (Å²) in [7, 11) is 2.19. The van der Waals surface area contributed by atoms with E-state index < -0.39 is 0 Å². The van der Waals surface area contributed by atoms with Gasteiger partial charge in [0.2, 0.25) is 0 Å². The molecule has 1 aromatic heterocycles. The fourth-order valence-electron chi connectivity index (χ4n) is 2.55. The largest absolute Gasteiger partial charge is 0.398 e. The first-order valence-electron chi connectivity index (χ1n) is 6.39. The molecule has 4 heteroatoms. The number of nitrogens with two attached hydrogens (primary N) is 1. The number of benzene rings is 1. The molecule has 0 saturated carbocycles. The molecule has 1 fully saturated rings. The molecule has 96 valence electrons. The van der Waals surface area contributed by atoms with Crippen LogP contribution in [0.25, 0.3) is 10.1 Å². The van der Waals surface area contributed by atoms with E-state index in [9.17, 15) is 0 Å². The van der Waals surface area contributed by atoms with Crippen LogP contribution in [0.1, 0.15) is 5.56 Å². The van der Waals surface area contributed by atoms with Gasteiger partial charge in [-0.15, -0.1) is 11.3 Å². The van der Waals surface area contributed by atoms with E-state index >= 15 is 0 Å². The number of nitrogens with zero attached hydrogens (tertiary/aromatic N) is 2. The van der Waals surface area contributed by atoms with Crippen LogP contribution >= 0.6 is 11.3 Å². The molecule has 3 rings (SSSR count). The summed E-state index contributed by atoms with van der Waals surface area (Å²) in [5.74, 6) is 0. The van der Waals surface area contributed by atoms with Gasteiger partial charge >= 0.3 is 0 Å². The molecule has 2 N–H and O–H groups in total. The van der Waals surface area contributed by atoms with Crippen LogP contribution in [0.2, 0.25) is 0 Å². The van der Waals surface area contributed by atoms with E-state index in [2.05, 4.69) is 28.3 Å². The van der Waals surface area contributed by atoms with E-state index in [1.165, 1.54) is 15.6 Å². The molecule has 0 spiro atoms. The number of likely N-dealkylation sites (N-methyl/N-ethyl adjacent to an activating group) is 1. The summed E-state index contributed by atoms with van der Waals surface area (Å²) < 4.78 is 1.30. The van der Waals surface area contributed by atoms with Gasteiger partial charge in [0.1, 0.15) is 0 Å². The standard InChI is InChI=1S/C14H19N3S/c1-16-5-7-17(8-6-16)9-11-10-18-13-4-2-3-12(15)14(11)13/h2-4,10H,5-9,15H2,1H3. The highest BCUT2D eigenvalue weighted by Crippen LogP contribution is 2.31. The summed E-state index contributed by atoms with van der Waals surface area (Å²) in [6, 6.07) is 6.19. The van der Waals surface area contributed by atoms with Gasteiger partial charge in [-0.1, -0.05) is 6.07 Å². The Morgan fingerprint density at radius 3 is 2.78 bits per heavy atom. The molecule has 0 bridgehead atoms. The number of hydrogen-bond acceptors (Lipinski definition) is 4. The molecular formula is C14H19N3S. The zero-order valence-corrected chi connectivity index (χ0v) is 11.5. The lowest BCUT2D eigenvalue weighted by Crippen LogP contribution is -2.43. The van der Waals surface area contributed by atoms with Crippen LogP contribution in [0.4, 0.5) is 5.69 Å². The van der Waals surface area contributed by atoms with Gasteiger partial charge < -0.3 is 10.6 Å². The van der Waals surface area contributed by atoms with Crippen LogP contribution in [0.5, 0.6) is 0 Å². The number of piperazine rings is 1. The summed E-state index contributed by atoms with van der Waals surface area (Å²) in [6.07, 6.45) is 0. The number of rotatable bonds is 2. The molecule has 1 aliphatic rings. The molecule has 2 heterocycles. The van der Waals surface area contributed by atoms with Crippen LogP contribution in [0.3, 0.4) is 0 Å². The third-order valence-electron chi connectivity index (χ3n) is 3.70. The Morgan fingerprint density at radius 2 is 2.00 bits per heavy atom. The smallest absolute Gasteiger partial charge is 0.0405 e. The normalized spacial score (nSPS) is 18.5. The molecule has 0 aliphatic carbocycles. The molecule has 1 aliphatic heterocycles. The van der Waals surface area contributed by atoms with Crippen LogP contribution in [0.15, 0.2) is 23.6 Å². The van der Waals surface area contributed by atoms with Crippen molar-refractivity contribution in [2.75, 3.05) is 39.0 Å². The van der Waals surface area contributed by atoms with Crippen LogP contribution in [0, 0.1) is 0 Å². The van der Waals surface area contributed by atoms with Crippen molar-refractivity contribution in [1.82, 2.24) is 9.80 Å². The Labute approximate surface area is 112 Å². The lowest BCUT2D eigenvalue weighted by atomic mass is 10.1. The molecule has 1 saturated heterocycles. The minimum absolute atomic E-state index is 0.915. The predicted molar refractivity (Wildman–Crippen MR) is 79.0 cm³/mol. The Kier molecular flexibility index (Phi) is 3.24. The minimum Gasteiger partial charge on any atom is -0.398 e. The molecular weight excluding hydrogens is 242 g/mol.